The Hall–Kier alpha value is -3.29. The van der Waals surface area contributed by atoms with Crippen molar-refractivity contribution in [3.05, 3.63) is 45.7 Å². The maximum atomic E-state index is 12.6. The first-order valence-corrected chi connectivity index (χ1v) is 12.3. The molecule has 5 rings (SSSR count). The first kappa shape index (κ1) is 23.5. The van der Waals surface area contributed by atoms with Crippen molar-refractivity contribution in [2.75, 3.05) is 26.8 Å². The molecule has 1 aromatic carbocycles. The van der Waals surface area contributed by atoms with Crippen molar-refractivity contribution < 1.29 is 24.2 Å². The van der Waals surface area contributed by atoms with Crippen LogP contribution < -0.4 is 14.9 Å². The van der Waals surface area contributed by atoms with Crippen molar-refractivity contribution >= 4 is 11.9 Å². The van der Waals surface area contributed by atoms with Gasteiger partial charge in [0, 0.05) is 49.3 Å². The summed E-state index contributed by atoms with van der Waals surface area (Å²) in [5, 5.41) is 9.57. The lowest BCUT2D eigenvalue weighted by atomic mass is 9.77. The molecule has 1 saturated carbocycles. The summed E-state index contributed by atoms with van der Waals surface area (Å²) >= 11 is 0. The summed E-state index contributed by atoms with van der Waals surface area (Å²) in [5.41, 5.74) is 1.93. The van der Waals surface area contributed by atoms with Crippen molar-refractivity contribution in [2.24, 2.45) is 5.41 Å². The normalized spacial score (nSPS) is 21.9. The number of hydrogen-bond donors (Lipinski definition) is 1. The van der Waals surface area contributed by atoms with Gasteiger partial charge in [0.2, 0.25) is 5.91 Å². The quantitative estimate of drug-likeness (QED) is 0.600. The molecule has 8 nitrogen and oxygen atoms in total. The summed E-state index contributed by atoms with van der Waals surface area (Å²) in [6, 6.07) is 5.42. The van der Waals surface area contributed by atoms with Crippen LogP contribution in [0.25, 0.3) is 11.3 Å². The summed E-state index contributed by atoms with van der Waals surface area (Å²) < 4.78 is 13.8. The van der Waals surface area contributed by atoms with Crippen LogP contribution >= 0.6 is 0 Å². The topological polar surface area (TPSA) is 98.1 Å². The van der Waals surface area contributed by atoms with Gasteiger partial charge in [-0.05, 0) is 48.8 Å². The molecular weight excluding hydrogens is 448 g/mol. The molecule has 3 heterocycles. The number of carboxylic acid groups (broad SMARTS) is 1. The van der Waals surface area contributed by atoms with E-state index in [0.717, 1.165) is 43.4 Å². The van der Waals surface area contributed by atoms with Gasteiger partial charge in [0.1, 0.15) is 5.56 Å². The van der Waals surface area contributed by atoms with Gasteiger partial charge < -0.3 is 24.0 Å². The fourth-order valence-electron chi connectivity index (χ4n) is 6.18. The van der Waals surface area contributed by atoms with E-state index in [1.807, 2.05) is 21.6 Å². The number of amides is 1. The molecular formula is C27H32N2O6. The highest BCUT2D eigenvalue weighted by Crippen LogP contribution is 2.59. The molecule has 2 fully saturated rings. The summed E-state index contributed by atoms with van der Waals surface area (Å²) in [6.07, 6.45) is 5.77. The van der Waals surface area contributed by atoms with Crippen molar-refractivity contribution in [3.63, 3.8) is 0 Å². The van der Waals surface area contributed by atoms with Gasteiger partial charge >= 0.3 is 5.97 Å². The van der Waals surface area contributed by atoms with Crippen molar-refractivity contribution in [2.45, 2.75) is 57.9 Å². The lowest BCUT2D eigenvalue weighted by molar-refractivity contribution is -0.127. The van der Waals surface area contributed by atoms with Crippen molar-refractivity contribution in [1.29, 1.82) is 0 Å². The van der Waals surface area contributed by atoms with Crippen LogP contribution in [0.2, 0.25) is 0 Å². The average Bonchev–Trinajstić information content (AvgIpc) is 3.37. The van der Waals surface area contributed by atoms with Crippen LogP contribution in [-0.4, -0.2) is 53.3 Å². The zero-order valence-corrected chi connectivity index (χ0v) is 20.5. The van der Waals surface area contributed by atoms with Gasteiger partial charge in [-0.25, -0.2) is 4.79 Å². The Morgan fingerprint density at radius 2 is 2.00 bits per heavy atom. The van der Waals surface area contributed by atoms with E-state index in [2.05, 4.69) is 13.8 Å². The Labute approximate surface area is 204 Å². The number of likely N-dealkylation sites (tertiary alicyclic amines) is 1. The molecule has 2 aromatic rings. The van der Waals surface area contributed by atoms with Gasteiger partial charge in [0.15, 0.2) is 16.9 Å². The number of fused-ring (bicyclic) bond motifs is 6. The molecule has 1 aromatic heterocycles. The molecule has 2 atom stereocenters. The highest BCUT2D eigenvalue weighted by molar-refractivity contribution is 5.88. The molecule has 1 N–H and O–H groups in total. The number of ether oxygens (including phenoxy) is 2. The minimum Gasteiger partial charge on any atom is -0.493 e. The molecule has 1 amide bonds. The van der Waals surface area contributed by atoms with E-state index in [0.29, 0.717) is 36.8 Å². The molecule has 1 aliphatic carbocycles. The number of nitrogens with zero attached hydrogens (tertiary/aromatic N) is 2. The van der Waals surface area contributed by atoms with Crippen molar-refractivity contribution in [1.82, 2.24) is 9.47 Å². The third kappa shape index (κ3) is 3.98. The molecule has 0 bridgehead atoms. The van der Waals surface area contributed by atoms with E-state index in [9.17, 15) is 19.5 Å². The Balaban J connectivity index is 1.51. The fraction of sp³-hybridized carbons (Fsp3) is 0.519. The molecule has 0 spiro atoms. The van der Waals surface area contributed by atoms with Crippen LogP contribution in [0.3, 0.4) is 0 Å². The number of benzene rings is 1. The second-order valence-corrected chi connectivity index (χ2v) is 10.5. The Morgan fingerprint density at radius 1 is 1.20 bits per heavy atom. The standard InChI is InChI=1S/C27H32N2O6/c1-27(2)8-7-16-17-12-23(35-11-5-10-28-9-4-6-24(28)31)22(34-3)13-18(17)20-14-21(30)19(26(32)33)15-29(20)25(16)27/h12-16,25H,4-11H2,1-3H3,(H,32,33)/t16-,25+/m1/s1. The van der Waals surface area contributed by atoms with Gasteiger partial charge in [-0.3, -0.25) is 9.59 Å². The van der Waals surface area contributed by atoms with Gasteiger partial charge in [0.05, 0.1) is 19.4 Å². The SMILES string of the molecule is COc1cc2c(cc1OCCCN1CCCC1=O)[C@H]1CCC(C)(C)[C@H]1n1cc(C(=O)O)c(=O)cc1-2. The molecule has 0 radical (unpaired) electrons. The van der Waals surface area contributed by atoms with E-state index >= 15 is 0 Å². The maximum absolute atomic E-state index is 12.6. The highest BCUT2D eigenvalue weighted by Gasteiger charge is 2.47. The Morgan fingerprint density at radius 3 is 2.69 bits per heavy atom. The lowest BCUT2D eigenvalue weighted by Crippen LogP contribution is -2.32. The van der Waals surface area contributed by atoms with Gasteiger partial charge in [-0.15, -0.1) is 0 Å². The Bertz CT molecular complexity index is 1250. The molecule has 35 heavy (non-hydrogen) atoms. The minimum atomic E-state index is -1.21. The number of carbonyl (C=O) groups excluding carboxylic acids is 1. The minimum absolute atomic E-state index is 0.0334. The van der Waals surface area contributed by atoms with Crippen LogP contribution in [0.5, 0.6) is 11.5 Å². The predicted octanol–water partition coefficient (Wildman–Crippen LogP) is 4.07. The second-order valence-electron chi connectivity index (χ2n) is 10.5. The number of aromatic carboxylic acids is 1. The van der Waals surface area contributed by atoms with Gasteiger partial charge in [-0.2, -0.15) is 0 Å². The van der Waals surface area contributed by atoms with Crippen LogP contribution in [0.15, 0.2) is 29.2 Å². The molecule has 0 unspecified atom stereocenters. The smallest absolute Gasteiger partial charge is 0.341 e. The first-order valence-electron chi connectivity index (χ1n) is 12.3. The number of carbonyl (C=O) groups is 2. The van der Waals surface area contributed by atoms with Crippen LogP contribution in [-0.2, 0) is 4.79 Å². The van der Waals surface area contributed by atoms with E-state index < -0.39 is 11.4 Å². The summed E-state index contributed by atoms with van der Waals surface area (Å²) in [4.78, 5) is 38.1. The highest BCUT2D eigenvalue weighted by atomic mass is 16.5. The van der Waals surface area contributed by atoms with E-state index in [4.69, 9.17) is 9.47 Å². The zero-order chi connectivity index (χ0) is 24.9. The maximum Gasteiger partial charge on any atom is 0.341 e. The molecule has 1 saturated heterocycles. The Kier molecular flexibility index (Phi) is 5.85. The second kappa shape index (κ2) is 8.73. The molecule has 3 aliphatic rings. The molecule has 8 heteroatoms. The largest absolute Gasteiger partial charge is 0.493 e. The third-order valence-electron chi connectivity index (χ3n) is 7.90. The van der Waals surface area contributed by atoms with Gasteiger partial charge in [0.25, 0.3) is 0 Å². The fourth-order valence-corrected chi connectivity index (χ4v) is 6.18. The summed E-state index contributed by atoms with van der Waals surface area (Å²) in [5.74, 6) is 0.400. The lowest BCUT2D eigenvalue weighted by Gasteiger charge is -2.40. The number of hydrogen-bond acceptors (Lipinski definition) is 5. The third-order valence-corrected chi connectivity index (χ3v) is 7.90. The van der Waals surface area contributed by atoms with Gasteiger partial charge in [-0.1, -0.05) is 13.8 Å². The van der Waals surface area contributed by atoms with Crippen molar-refractivity contribution in [3.8, 4) is 22.8 Å². The van der Waals surface area contributed by atoms with E-state index in [1.165, 1.54) is 12.3 Å². The summed E-state index contributed by atoms with van der Waals surface area (Å²) in [6.45, 7) is 6.38. The predicted molar refractivity (Wildman–Crippen MR) is 130 cm³/mol. The van der Waals surface area contributed by atoms with E-state index in [-0.39, 0.29) is 28.8 Å². The number of methoxy groups -OCH3 is 1. The molecule has 2 aliphatic heterocycles. The van der Waals surface area contributed by atoms with E-state index in [1.54, 1.807) is 7.11 Å². The number of rotatable bonds is 7. The first-order chi connectivity index (χ1) is 16.7. The number of carboxylic acids is 1. The summed E-state index contributed by atoms with van der Waals surface area (Å²) in [7, 11) is 1.59. The monoisotopic (exact) mass is 480 g/mol. The van der Waals surface area contributed by atoms with Crippen LogP contribution in [0.1, 0.15) is 73.8 Å². The zero-order valence-electron chi connectivity index (χ0n) is 20.5. The van der Waals surface area contributed by atoms with Crippen LogP contribution in [0, 0.1) is 5.41 Å². The number of pyridine rings is 1. The van der Waals surface area contributed by atoms with Crippen LogP contribution in [0.4, 0.5) is 0 Å². The number of aromatic nitrogens is 1. The molecule has 186 valence electrons. The average molecular weight is 481 g/mol.